The number of allylic oxidation sites excluding steroid dienone is 6. The summed E-state index contributed by atoms with van der Waals surface area (Å²) < 4.78 is 5.40. The smallest absolute Gasteiger partial charge is 0.108 e. The third kappa shape index (κ3) is 3.64. The van der Waals surface area contributed by atoms with E-state index in [-0.39, 0.29) is 0 Å². The molecule has 106 valence electrons. The van der Waals surface area contributed by atoms with E-state index >= 15 is 0 Å². The lowest BCUT2D eigenvalue weighted by Gasteiger charge is -2.13. The van der Waals surface area contributed by atoms with Crippen LogP contribution < -0.4 is 4.90 Å². The van der Waals surface area contributed by atoms with Crippen molar-refractivity contribution in [2.45, 2.75) is 6.92 Å². The number of nitriles is 1. The first kappa shape index (κ1) is 14.7. The highest BCUT2D eigenvalue weighted by Gasteiger charge is 2.09. The van der Waals surface area contributed by atoms with E-state index in [1.807, 2.05) is 33.2 Å². The van der Waals surface area contributed by atoms with Gasteiger partial charge in [0.15, 0.2) is 0 Å². The van der Waals surface area contributed by atoms with Crippen molar-refractivity contribution in [3.8, 4) is 6.07 Å². The van der Waals surface area contributed by atoms with Gasteiger partial charge in [0, 0.05) is 31.4 Å². The second-order valence-electron chi connectivity index (χ2n) is 4.94. The molecule has 3 nitrogen and oxygen atoms in total. The molecule has 0 N–H and O–H groups in total. The van der Waals surface area contributed by atoms with Crippen molar-refractivity contribution < 1.29 is 4.74 Å². The van der Waals surface area contributed by atoms with E-state index in [4.69, 9.17) is 10.00 Å². The number of ether oxygens (including phenoxy) is 1. The van der Waals surface area contributed by atoms with Crippen LogP contribution >= 0.6 is 0 Å². The molecule has 0 fully saturated rings. The predicted octanol–water partition coefficient (Wildman–Crippen LogP) is 4.03. The van der Waals surface area contributed by atoms with Crippen LogP contribution in [0.4, 0.5) is 5.69 Å². The molecule has 1 aromatic carbocycles. The molecular formula is C18H18N2O. The minimum atomic E-state index is 0.792. The lowest BCUT2D eigenvalue weighted by atomic mass is 10.0. The minimum Gasteiger partial charge on any atom is -0.469 e. The average molecular weight is 278 g/mol. The van der Waals surface area contributed by atoms with Gasteiger partial charge in [-0.25, -0.2) is 0 Å². The summed E-state index contributed by atoms with van der Waals surface area (Å²) in [4.78, 5) is 2.06. The molecule has 0 aliphatic carbocycles. The van der Waals surface area contributed by atoms with Crippen molar-refractivity contribution >= 4 is 11.8 Å². The highest BCUT2D eigenvalue weighted by Crippen LogP contribution is 2.24. The largest absolute Gasteiger partial charge is 0.469 e. The van der Waals surface area contributed by atoms with Crippen molar-refractivity contribution in [3.05, 3.63) is 71.2 Å². The highest BCUT2D eigenvalue weighted by molar-refractivity contribution is 5.62. The van der Waals surface area contributed by atoms with Gasteiger partial charge in [0.25, 0.3) is 0 Å². The number of anilines is 1. The summed E-state index contributed by atoms with van der Waals surface area (Å²) in [5.74, 6) is 0.792. The lowest BCUT2D eigenvalue weighted by molar-refractivity contribution is 0.345. The maximum Gasteiger partial charge on any atom is 0.108 e. The first-order valence-electron chi connectivity index (χ1n) is 6.71. The Morgan fingerprint density at radius 1 is 1.14 bits per heavy atom. The van der Waals surface area contributed by atoms with Crippen LogP contribution in [0.3, 0.4) is 0 Å². The van der Waals surface area contributed by atoms with Crippen LogP contribution in [0.15, 0.2) is 65.7 Å². The number of nitrogens with zero attached hydrogens (tertiary/aromatic N) is 2. The Labute approximate surface area is 125 Å². The van der Waals surface area contributed by atoms with Crippen LogP contribution in [-0.4, -0.2) is 14.1 Å². The summed E-state index contributed by atoms with van der Waals surface area (Å²) in [5.41, 5.74) is 4.06. The van der Waals surface area contributed by atoms with Gasteiger partial charge in [0.1, 0.15) is 5.76 Å². The van der Waals surface area contributed by atoms with Crippen LogP contribution in [0.25, 0.3) is 6.08 Å². The number of rotatable bonds is 3. The van der Waals surface area contributed by atoms with Crippen LogP contribution in [0, 0.1) is 11.3 Å². The summed E-state index contributed by atoms with van der Waals surface area (Å²) in [5, 5.41) is 8.84. The maximum atomic E-state index is 8.84. The van der Waals surface area contributed by atoms with Gasteiger partial charge < -0.3 is 9.64 Å². The molecule has 1 aliphatic rings. The molecule has 0 saturated heterocycles. The second-order valence-corrected chi connectivity index (χ2v) is 4.94. The highest BCUT2D eigenvalue weighted by atomic mass is 16.5. The Hall–Kier alpha value is -2.73. The molecule has 0 spiro atoms. The zero-order valence-corrected chi connectivity index (χ0v) is 12.5. The molecule has 3 heteroatoms. The maximum absolute atomic E-state index is 8.84. The van der Waals surface area contributed by atoms with E-state index in [0.717, 1.165) is 28.2 Å². The van der Waals surface area contributed by atoms with Gasteiger partial charge in [0.2, 0.25) is 0 Å². The van der Waals surface area contributed by atoms with Gasteiger partial charge >= 0.3 is 0 Å². The Bertz CT molecular complexity index is 668. The van der Waals surface area contributed by atoms with E-state index in [1.54, 1.807) is 12.3 Å². The summed E-state index contributed by atoms with van der Waals surface area (Å²) in [7, 11) is 4.04. The average Bonchev–Trinajstić information content (AvgIpc) is 2.47. The van der Waals surface area contributed by atoms with Gasteiger partial charge in [-0.2, -0.15) is 5.26 Å². The lowest BCUT2D eigenvalue weighted by Crippen LogP contribution is -2.07. The Morgan fingerprint density at radius 3 is 2.48 bits per heavy atom. The monoisotopic (exact) mass is 278 g/mol. The zero-order chi connectivity index (χ0) is 15.2. The SMILES string of the molecule is CC1=C(C=Cc2ccc(N(C)C)cc2)C(=CC#N)C=CO1. The van der Waals surface area contributed by atoms with Crippen LogP contribution in [0.5, 0.6) is 0 Å². The van der Waals surface area contributed by atoms with Gasteiger partial charge in [-0.1, -0.05) is 24.3 Å². The van der Waals surface area contributed by atoms with Crippen molar-refractivity contribution in [2.24, 2.45) is 0 Å². The first-order chi connectivity index (χ1) is 10.1. The molecule has 2 rings (SSSR count). The summed E-state index contributed by atoms with van der Waals surface area (Å²) in [6, 6.07) is 10.3. The minimum absolute atomic E-state index is 0.792. The summed E-state index contributed by atoms with van der Waals surface area (Å²) in [6.07, 6.45) is 8.92. The fourth-order valence-corrected chi connectivity index (χ4v) is 2.04. The fraction of sp³-hybridized carbons (Fsp3) is 0.167. The molecule has 21 heavy (non-hydrogen) atoms. The zero-order valence-electron chi connectivity index (χ0n) is 12.5. The third-order valence-electron chi connectivity index (χ3n) is 3.25. The van der Waals surface area contributed by atoms with E-state index in [2.05, 4.69) is 35.2 Å². The number of benzene rings is 1. The van der Waals surface area contributed by atoms with E-state index in [1.165, 1.54) is 6.08 Å². The van der Waals surface area contributed by atoms with E-state index in [0.29, 0.717) is 0 Å². The van der Waals surface area contributed by atoms with Crippen LogP contribution in [0.1, 0.15) is 12.5 Å². The quantitative estimate of drug-likeness (QED) is 0.783. The molecule has 1 aliphatic heterocycles. The van der Waals surface area contributed by atoms with Gasteiger partial charge in [0.05, 0.1) is 12.3 Å². The molecule has 0 unspecified atom stereocenters. The summed E-state index contributed by atoms with van der Waals surface area (Å²) >= 11 is 0. The molecule has 0 bridgehead atoms. The van der Waals surface area contributed by atoms with Gasteiger partial charge in [-0.05, 0) is 36.3 Å². The van der Waals surface area contributed by atoms with Gasteiger partial charge in [-0.3, -0.25) is 0 Å². The molecular weight excluding hydrogens is 260 g/mol. The first-order valence-corrected chi connectivity index (χ1v) is 6.71. The number of hydrogen-bond acceptors (Lipinski definition) is 3. The molecule has 1 aromatic rings. The van der Waals surface area contributed by atoms with E-state index < -0.39 is 0 Å². The standard InChI is InChI=1S/C18H18N2O/c1-14-18(16(10-12-19)11-13-21-14)9-6-15-4-7-17(8-5-15)20(2)3/h4-11,13H,1-3H3. The molecule has 0 saturated carbocycles. The number of hydrogen-bond donors (Lipinski definition) is 0. The Balaban J connectivity index is 2.23. The second kappa shape index (κ2) is 6.62. The molecule has 0 amide bonds. The van der Waals surface area contributed by atoms with Crippen LogP contribution in [-0.2, 0) is 4.74 Å². The summed E-state index contributed by atoms with van der Waals surface area (Å²) in [6.45, 7) is 1.89. The van der Waals surface area contributed by atoms with Crippen molar-refractivity contribution in [2.75, 3.05) is 19.0 Å². The van der Waals surface area contributed by atoms with Crippen molar-refractivity contribution in [1.29, 1.82) is 5.26 Å². The Kier molecular flexibility index (Phi) is 4.63. The molecule has 0 aromatic heterocycles. The molecule has 1 heterocycles. The topological polar surface area (TPSA) is 36.3 Å². The van der Waals surface area contributed by atoms with Crippen LogP contribution in [0.2, 0.25) is 0 Å². The molecule has 0 atom stereocenters. The normalized spacial score (nSPS) is 16.2. The predicted molar refractivity (Wildman–Crippen MR) is 86.4 cm³/mol. The Morgan fingerprint density at radius 2 is 1.86 bits per heavy atom. The fourth-order valence-electron chi connectivity index (χ4n) is 2.04. The molecule has 0 radical (unpaired) electrons. The van der Waals surface area contributed by atoms with Crippen molar-refractivity contribution in [3.63, 3.8) is 0 Å². The third-order valence-corrected chi connectivity index (χ3v) is 3.25. The van der Waals surface area contributed by atoms with Crippen molar-refractivity contribution in [1.82, 2.24) is 0 Å². The van der Waals surface area contributed by atoms with E-state index in [9.17, 15) is 0 Å². The van der Waals surface area contributed by atoms with Gasteiger partial charge in [-0.15, -0.1) is 0 Å².